The van der Waals surface area contributed by atoms with Crippen molar-refractivity contribution in [3.63, 3.8) is 0 Å². The standard InChI is InChI=1S/C24H22BrN3O4/c1-13-5-4-6-14(11-13)19-18-20(26(2)24(31)27(3)23(18)30)21-22(32-10-9-28(19)21)16-12-15(25)7-8-17(16)29/h4-8,11-12,22,29H,9-10H2,1-3H3/t22-/m1/s1. The summed E-state index contributed by atoms with van der Waals surface area (Å²) >= 11 is 3.47. The molecule has 2 aromatic carbocycles. The van der Waals surface area contributed by atoms with Crippen LogP contribution in [0.15, 0.2) is 56.5 Å². The van der Waals surface area contributed by atoms with E-state index in [1.165, 1.54) is 11.6 Å². The molecule has 1 aliphatic rings. The van der Waals surface area contributed by atoms with Crippen LogP contribution in [-0.4, -0.2) is 25.4 Å². The van der Waals surface area contributed by atoms with E-state index in [0.29, 0.717) is 35.3 Å². The normalized spacial score (nSPS) is 15.8. The number of nitrogens with zero attached hydrogens (tertiary/aromatic N) is 3. The Morgan fingerprint density at radius 2 is 1.88 bits per heavy atom. The van der Waals surface area contributed by atoms with Gasteiger partial charge in [-0.2, -0.15) is 0 Å². The number of aromatic hydroxyl groups is 1. The summed E-state index contributed by atoms with van der Waals surface area (Å²) in [6.07, 6.45) is -0.639. The lowest BCUT2D eigenvalue weighted by Crippen LogP contribution is -2.37. The number of halogens is 1. The number of hydrogen-bond donors (Lipinski definition) is 1. The van der Waals surface area contributed by atoms with E-state index in [4.69, 9.17) is 4.74 Å². The highest BCUT2D eigenvalue weighted by atomic mass is 79.9. The summed E-state index contributed by atoms with van der Waals surface area (Å²) in [4.78, 5) is 26.3. The molecule has 1 N–H and O–H groups in total. The van der Waals surface area contributed by atoms with Crippen LogP contribution in [0, 0.1) is 6.92 Å². The van der Waals surface area contributed by atoms with Crippen molar-refractivity contribution in [3.05, 3.63) is 84.6 Å². The van der Waals surface area contributed by atoms with Gasteiger partial charge < -0.3 is 14.4 Å². The van der Waals surface area contributed by atoms with Gasteiger partial charge in [-0.05, 0) is 36.8 Å². The number of ether oxygens (including phenoxy) is 1. The third-order valence-corrected chi connectivity index (χ3v) is 6.61. The van der Waals surface area contributed by atoms with Gasteiger partial charge in [-0.1, -0.05) is 39.7 Å². The maximum atomic E-state index is 13.4. The summed E-state index contributed by atoms with van der Waals surface area (Å²) in [6.45, 7) is 2.93. The van der Waals surface area contributed by atoms with Crippen LogP contribution >= 0.6 is 15.9 Å². The zero-order valence-electron chi connectivity index (χ0n) is 17.9. The molecule has 164 valence electrons. The van der Waals surface area contributed by atoms with Crippen molar-refractivity contribution in [2.24, 2.45) is 14.1 Å². The predicted octanol–water partition coefficient (Wildman–Crippen LogP) is 3.60. The van der Waals surface area contributed by atoms with Crippen LogP contribution in [-0.2, 0) is 25.4 Å². The molecule has 0 saturated heterocycles. The van der Waals surface area contributed by atoms with E-state index in [0.717, 1.165) is 25.9 Å². The molecule has 1 atom stereocenters. The third kappa shape index (κ3) is 2.97. The Morgan fingerprint density at radius 1 is 1.09 bits per heavy atom. The predicted molar refractivity (Wildman–Crippen MR) is 126 cm³/mol. The summed E-state index contributed by atoms with van der Waals surface area (Å²) in [5.74, 6) is 0.0898. The molecule has 0 unspecified atom stereocenters. The van der Waals surface area contributed by atoms with Gasteiger partial charge in [-0.25, -0.2) is 4.79 Å². The molecule has 0 aliphatic carbocycles. The van der Waals surface area contributed by atoms with E-state index in [-0.39, 0.29) is 11.3 Å². The smallest absolute Gasteiger partial charge is 0.331 e. The monoisotopic (exact) mass is 495 g/mol. The largest absolute Gasteiger partial charge is 0.508 e. The number of rotatable bonds is 2. The molecule has 8 heteroatoms. The molecule has 7 nitrogen and oxygen atoms in total. The highest BCUT2D eigenvalue weighted by molar-refractivity contribution is 9.10. The van der Waals surface area contributed by atoms with Gasteiger partial charge in [0.1, 0.15) is 11.9 Å². The number of phenols is 1. The average molecular weight is 496 g/mol. The topological polar surface area (TPSA) is 78.4 Å². The molecule has 1 aliphatic heterocycles. The SMILES string of the molecule is Cc1cccc(-c2c3c(=O)n(C)c(=O)n(C)c3c3n2CCO[C@@H]3c2cc(Br)ccc2O)c1. The molecule has 0 saturated carbocycles. The Kier molecular flexibility index (Phi) is 4.87. The van der Waals surface area contributed by atoms with E-state index < -0.39 is 11.8 Å². The maximum Gasteiger partial charge on any atom is 0.331 e. The number of benzene rings is 2. The zero-order valence-corrected chi connectivity index (χ0v) is 19.5. The minimum atomic E-state index is -0.639. The van der Waals surface area contributed by atoms with Gasteiger partial charge in [-0.3, -0.25) is 13.9 Å². The third-order valence-electron chi connectivity index (χ3n) is 6.12. The fraction of sp³-hybridized carbons (Fsp3) is 0.250. The highest BCUT2D eigenvalue weighted by Crippen LogP contribution is 2.43. The molecule has 32 heavy (non-hydrogen) atoms. The van der Waals surface area contributed by atoms with Crippen LogP contribution in [0.5, 0.6) is 5.75 Å². The molecule has 0 radical (unpaired) electrons. The lowest BCUT2D eigenvalue weighted by molar-refractivity contribution is 0.0464. The first-order valence-electron chi connectivity index (χ1n) is 10.3. The summed E-state index contributed by atoms with van der Waals surface area (Å²) in [5.41, 5.74) is 3.76. The van der Waals surface area contributed by atoms with Crippen LogP contribution in [0.3, 0.4) is 0 Å². The second kappa shape index (κ2) is 7.50. The molecule has 3 heterocycles. The summed E-state index contributed by atoms with van der Waals surface area (Å²) in [7, 11) is 3.16. The molecular weight excluding hydrogens is 474 g/mol. The van der Waals surface area contributed by atoms with Crippen molar-refractivity contribution in [2.45, 2.75) is 19.6 Å². The molecule has 2 aromatic heterocycles. The first-order chi connectivity index (χ1) is 15.3. The number of aromatic nitrogens is 3. The van der Waals surface area contributed by atoms with Crippen molar-refractivity contribution < 1.29 is 9.84 Å². The highest BCUT2D eigenvalue weighted by Gasteiger charge is 2.34. The van der Waals surface area contributed by atoms with Crippen molar-refractivity contribution >= 4 is 26.8 Å². The fourth-order valence-corrected chi connectivity index (χ4v) is 5.02. The van der Waals surface area contributed by atoms with Gasteiger partial charge in [-0.15, -0.1) is 0 Å². The van der Waals surface area contributed by atoms with Crippen LogP contribution in [0.2, 0.25) is 0 Å². The van der Waals surface area contributed by atoms with E-state index >= 15 is 0 Å². The van der Waals surface area contributed by atoms with E-state index in [9.17, 15) is 14.7 Å². The second-order valence-electron chi connectivity index (χ2n) is 8.14. The van der Waals surface area contributed by atoms with Crippen molar-refractivity contribution in [1.29, 1.82) is 0 Å². The quantitative estimate of drug-likeness (QED) is 0.460. The number of hydrogen-bond acceptors (Lipinski definition) is 4. The van der Waals surface area contributed by atoms with Crippen molar-refractivity contribution in [3.8, 4) is 17.0 Å². The molecule has 0 spiro atoms. The number of fused-ring (bicyclic) bond motifs is 3. The van der Waals surface area contributed by atoms with Gasteiger partial charge in [0.2, 0.25) is 0 Å². The summed E-state index contributed by atoms with van der Waals surface area (Å²) < 4.78 is 11.6. The van der Waals surface area contributed by atoms with Crippen molar-refractivity contribution in [1.82, 2.24) is 13.7 Å². The van der Waals surface area contributed by atoms with E-state index in [1.54, 1.807) is 25.2 Å². The Hall–Kier alpha value is -3.10. The molecule has 0 amide bonds. The second-order valence-corrected chi connectivity index (χ2v) is 9.05. The molecular formula is C24H22BrN3O4. The summed E-state index contributed by atoms with van der Waals surface area (Å²) in [6, 6.07) is 13.1. The zero-order chi connectivity index (χ0) is 22.7. The molecule has 4 aromatic rings. The number of aryl methyl sites for hydroxylation is 2. The maximum absolute atomic E-state index is 13.4. The first-order valence-corrected chi connectivity index (χ1v) is 11.1. The summed E-state index contributed by atoms with van der Waals surface area (Å²) in [5, 5.41) is 11.1. The van der Waals surface area contributed by atoms with Gasteiger partial charge in [0.05, 0.1) is 28.9 Å². The fourth-order valence-electron chi connectivity index (χ4n) is 4.64. The van der Waals surface area contributed by atoms with Crippen LogP contribution in [0.4, 0.5) is 0 Å². The lowest BCUT2D eigenvalue weighted by atomic mass is 10.0. The van der Waals surface area contributed by atoms with Gasteiger partial charge in [0, 0.05) is 30.7 Å². The van der Waals surface area contributed by atoms with E-state index in [2.05, 4.69) is 20.5 Å². The average Bonchev–Trinajstić information content (AvgIpc) is 3.13. The Morgan fingerprint density at radius 3 is 2.62 bits per heavy atom. The number of phenolic OH excluding ortho intramolecular Hbond substituents is 1. The molecule has 5 rings (SSSR count). The lowest BCUT2D eigenvalue weighted by Gasteiger charge is -2.28. The van der Waals surface area contributed by atoms with E-state index in [1.807, 2.05) is 31.2 Å². The van der Waals surface area contributed by atoms with Crippen LogP contribution < -0.4 is 11.2 Å². The van der Waals surface area contributed by atoms with Crippen LogP contribution in [0.25, 0.3) is 22.2 Å². The first kappa shape index (κ1) is 20.8. The van der Waals surface area contributed by atoms with Gasteiger partial charge in [0.25, 0.3) is 5.56 Å². The Bertz CT molecular complexity index is 1510. The molecule has 0 fully saturated rings. The Labute approximate surface area is 192 Å². The minimum Gasteiger partial charge on any atom is -0.508 e. The van der Waals surface area contributed by atoms with Gasteiger partial charge in [0.15, 0.2) is 0 Å². The van der Waals surface area contributed by atoms with Gasteiger partial charge >= 0.3 is 5.69 Å². The Balaban J connectivity index is 1.97. The van der Waals surface area contributed by atoms with Crippen LogP contribution in [0.1, 0.15) is 22.9 Å². The molecule has 0 bridgehead atoms. The van der Waals surface area contributed by atoms with Crippen molar-refractivity contribution in [2.75, 3.05) is 6.61 Å². The minimum absolute atomic E-state index is 0.0898.